The van der Waals surface area contributed by atoms with Gasteiger partial charge in [0.25, 0.3) is 5.91 Å². The Morgan fingerprint density at radius 3 is 2.67 bits per heavy atom. The van der Waals surface area contributed by atoms with Gasteiger partial charge < -0.3 is 19.5 Å². The van der Waals surface area contributed by atoms with E-state index < -0.39 is 0 Å². The van der Waals surface area contributed by atoms with E-state index >= 15 is 0 Å². The molecule has 0 saturated carbocycles. The molecule has 5 aromatic rings. The number of aromatic nitrogens is 4. The van der Waals surface area contributed by atoms with Crippen LogP contribution in [0.1, 0.15) is 52.3 Å². The Morgan fingerprint density at radius 1 is 1.18 bits per heavy atom. The fourth-order valence-electron chi connectivity index (χ4n) is 5.35. The number of rotatable bonds is 6. The van der Waals surface area contributed by atoms with E-state index in [1.54, 1.807) is 20.4 Å². The number of hydrogen-bond donors (Lipinski definition) is 1. The van der Waals surface area contributed by atoms with Crippen LogP contribution >= 0.6 is 11.3 Å². The van der Waals surface area contributed by atoms with Crippen LogP contribution < -0.4 is 15.0 Å². The predicted molar refractivity (Wildman–Crippen MR) is 152 cm³/mol. The van der Waals surface area contributed by atoms with Crippen LogP contribution in [0.3, 0.4) is 0 Å². The number of ether oxygens (including phenoxy) is 1. The number of aryl methyl sites for hydroxylation is 2. The average molecular weight is 557 g/mol. The predicted octanol–water partition coefficient (Wildman–Crippen LogP) is 5.38. The molecule has 4 heterocycles. The molecule has 0 bridgehead atoms. The van der Waals surface area contributed by atoms with Crippen LogP contribution in [0.25, 0.3) is 27.3 Å². The first-order chi connectivity index (χ1) is 19.4. The number of hydrogen-bond acceptors (Lipinski definition) is 8. The zero-order chi connectivity index (χ0) is 28.0. The number of methoxy groups -OCH3 is 1. The Kier molecular flexibility index (Phi) is 6.59. The molecule has 1 unspecified atom stereocenters. The Hall–Kier alpha value is -4.51. The van der Waals surface area contributed by atoms with Gasteiger partial charge in [0.05, 0.1) is 36.1 Å². The van der Waals surface area contributed by atoms with Crippen molar-refractivity contribution in [3.8, 4) is 22.0 Å². The topological polar surface area (TPSA) is 115 Å². The van der Waals surface area contributed by atoms with Crippen LogP contribution in [0, 0.1) is 13.8 Å². The first-order valence-electron chi connectivity index (χ1n) is 13.0. The molecule has 1 fully saturated rings. The molecular weight excluding hydrogens is 528 g/mol. The lowest BCUT2D eigenvalue weighted by Crippen LogP contribution is -2.39. The lowest BCUT2D eigenvalue weighted by molar-refractivity contribution is -0.120. The molecule has 1 atom stereocenters. The van der Waals surface area contributed by atoms with E-state index in [0.29, 0.717) is 28.0 Å². The molecule has 0 spiro atoms. The summed E-state index contributed by atoms with van der Waals surface area (Å²) in [7, 11) is 3.21. The number of imidazole rings is 1. The third-order valence-corrected chi connectivity index (χ3v) is 8.22. The van der Waals surface area contributed by atoms with Crippen molar-refractivity contribution in [2.75, 3.05) is 19.1 Å². The minimum atomic E-state index is -0.336. The summed E-state index contributed by atoms with van der Waals surface area (Å²) in [5.41, 5.74) is 5.03. The van der Waals surface area contributed by atoms with Crippen molar-refractivity contribution >= 4 is 39.9 Å². The number of thiazole rings is 1. The van der Waals surface area contributed by atoms with Crippen molar-refractivity contribution in [2.24, 2.45) is 0 Å². The summed E-state index contributed by atoms with van der Waals surface area (Å²) < 4.78 is 12.7. The zero-order valence-corrected chi connectivity index (χ0v) is 23.4. The first kappa shape index (κ1) is 25.8. The molecular formula is C29H28N6O4S. The molecule has 0 aliphatic carbocycles. The Morgan fingerprint density at radius 2 is 1.98 bits per heavy atom. The third kappa shape index (κ3) is 4.32. The average Bonchev–Trinajstić information content (AvgIpc) is 3.69. The summed E-state index contributed by atoms with van der Waals surface area (Å²) in [4.78, 5) is 37.8. The molecule has 1 N–H and O–H groups in total. The maximum Gasteiger partial charge on any atom is 0.262 e. The van der Waals surface area contributed by atoms with Crippen molar-refractivity contribution < 1.29 is 18.8 Å². The number of nitrogens with zero attached hydrogens (tertiary/aromatic N) is 5. The van der Waals surface area contributed by atoms with Crippen LogP contribution in [0.4, 0.5) is 5.69 Å². The highest BCUT2D eigenvalue weighted by atomic mass is 32.1. The fourth-order valence-corrected chi connectivity index (χ4v) is 6.24. The second kappa shape index (κ2) is 10.2. The van der Waals surface area contributed by atoms with Gasteiger partial charge in [-0.3, -0.25) is 14.2 Å². The van der Waals surface area contributed by atoms with Gasteiger partial charge in [-0.15, -0.1) is 0 Å². The summed E-state index contributed by atoms with van der Waals surface area (Å²) >= 11 is 1.28. The quantitative estimate of drug-likeness (QED) is 0.299. The standard InChI is InChI=1S/C29H28N6O4S/c1-16-26(17(2)39-33-16)18-8-13-22-21(14-18)32-27(35(22)29-31-15-24(40-29)28(37)30-3)23-6-5-7-25(36)34(23)19-9-11-20(38-4)12-10-19/h8-15,23H,5-7H2,1-4H3,(H,30,37). The smallest absolute Gasteiger partial charge is 0.262 e. The maximum atomic E-state index is 13.4. The van der Waals surface area contributed by atoms with Gasteiger partial charge in [0.15, 0.2) is 5.13 Å². The molecule has 3 aromatic heterocycles. The highest BCUT2D eigenvalue weighted by molar-refractivity contribution is 7.16. The van der Waals surface area contributed by atoms with Gasteiger partial charge in [-0.25, -0.2) is 9.97 Å². The second-order valence-corrected chi connectivity index (χ2v) is 10.7. The third-order valence-electron chi connectivity index (χ3n) is 7.24. The molecule has 204 valence electrons. The van der Waals surface area contributed by atoms with Gasteiger partial charge in [0.1, 0.15) is 22.2 Å². The number of fused-ring (bicyclic) bond motifs is 1. The highest BCUT2D eigenvalue weighted by Crippen LogP contribution is 2.40. The largest absolute Gasteiger partial charge is 0.497 e. The number of carbonyl (C=O) groups is 2. The Balaban J connectivity index is 1.55. The van der Waals surface area contributed by atoms with E-state index in [-0.39, 0.29) is 17.9 Å². The molecule has 0 radical (unpaired) electrons. The van der Waals surface area contributed by atoms with E-state index in [9.17, 15) is 9.59 Å². The zero-order valence-electron chi connectivity index (χ0n) is 22.6. The highest BCUT2D eigenvalue weighted by Gasteiger charge is 2.35. The van der Waals surface area contributed by atoms with E-state index in [0.717, 1.165) is 52.1 Å². The van der Waals surface area contributed by atoms with Gasteiger partial charge in [-0.05, 0) is 68.7 Å². The molecule has 2 amide bonds. The number of nitrogens with one attached hydrogen (secondary N) is 1. The number of anilines is 1. The number of piperidine rings is 1. The van der Waals surface area contributed by atoms with Gasteiger partial charge in [-0.2, -0.15) is 0 Å². The number of amides is 2. The molecule has 1 saturated heterocycles. The van der Waals surface area contributed by atoms with Gasteiger partial charge in [0.2, 0.25) is 5.91 Å². The fraction of sp³-hybridized carbons (Fsp3) is 0.276. The summed E-state index contributed by atoms with van der Waals surface area (Å²) in [6.45, 7) is 3.80. The summed E-state index contributed by atoms with van der Waals surface area (Å²) in [6.07, 6.45) is 3.49. The van der Waals surface area contributed by atoms with Crippen molar-refractivity contribution in [1.82, 2.24) is 25.0 Å². The molecule has 10 nitrogen and oxygen atoms in total. The van der Waals surface area contributed by atoms with E-state index in [1.165, 1.54) is 11.3 Å². The maximum absolute atomic E-state index is 13.4. The number of benzene rings is 2. The normalized spacial score (nSPS) is 15.6. The van der Waals surface area contributed by atoms with Crippen LogP contribution in [0.5, 0.6) is 5.75 Å². The minimum absolute atomic E-state index is 0.0293. The van der Waals surface area contributed by atoms with Crippen molar-refractivity contribution in [3.63, 3.8) is 0 Å². The summed E-state index contributed by atoms with van der Waals surface area (Å²) in [5, 5.41) is 7.37. The molecule has 40 heavy (non-hydrogen) atoms. The van der Waals surface area contributed by atoms with Crippen LogP contribution in [-0.4, -0.2) is 45.7 Å². The SMILES string of the molecule is CNC(=O)c1cnc(-n2c(C3CCCC(=O)N3c3ccc(OC)cc3)nc3cc(-c4c(C)noc4C)ccc32)s1. The number of carbonyl (C=O) groups excluding carboxylic acids is 2. The summed E-state index contributed by atoms with van der Waals surface area (Å²) in [6, 6.07) is 13.2. The molecule has 2 aromatic carbocycles. The van der Waals surface area contributed by atoms with Crippen molar-refractivity contribution in [3.05, 3.63) is 70.8 Å². The molecule has 11 heteroatoms. The van der Waals surface area contributed by atoms with Crippen LogP contribution in [0.2, 0.25) is 0 Å². The molecule has 6 rings (SSSR count). The first-order valence-corrected chi connectivity index (χ1v) is 13.8. The van der Waals surface area contributed by atoms with Crippen LogP contribution in [-0.2, 0) is 4.79 Å². The van der Waals surface area contributed by atoms with Gasteiger partial charge >= 0.3 is 0 Å². The minimum Gasteiger partial charge on any atom is -0.497 e. The summed E-state index contributed by atoms with van der Waals surface area (Å²) in [5.74, 6) is 1.96. The Bertz CT molecular complexity index is 1720. The van der Waals surface area contributed by atoms with E-state index in [1.807, 2.05) is 65.8 Å². The second-order valence-electron chi connectivity index (χ2n) is 9.66. The lowest BCUT2D eigenvalue weighted by atomic mass is 9.99. The monoisotopic (exact) mass is 556 g/mol. The van der Waals surface area contributed by atoms with E-state index in [2.05, 4.69) is 15.5 Å². The van der Waals surface area contributed by atoms with Gasteiger partial charge in [-0.1, -0.05) is 22.6 Å². The molecule has 1 aliphatic rings. The van der Waals surface area contributed by atoms with Crippen molar-refractivity contribution in [1.29, 1.82) is 0 Å². The van der Waals surface area contributed by atoms with Gasteiger partial charge in [0, 0.05) is 24.7 Å². The van der Waals surface area contributed by atoms with Crippen LogP contribution in [0.15, 0.2) is 53.2 Å². The Labute approximate surface area is 234 Å². The van der Waals surface area contributed by atoms with Crippen molar-refractivity contribution in [2.45, 2.75) is 39.2 Å². The molecule has 1 aliphatic heterocycles. The lowest BCUT2D eigenvalue weighted by Gasteiger charge is -2.35. The van der Waals surface area contributed by atoms with E-state index in [4.69, 9.17) is 14.2 Å².